The zero-order valence-corrected chi connectivity index (χ0v) is 27.0. The van der Waals surface area contributed by atoms with Crippen LogP contribution in [-0.4, -0.2) is 85.4 Å². The minimum absolute atomic E-state index is 0.0113. The lowest BCUT2D eigenvalue weighted by molar-refractivity contribution is -0.131. The van der Waals surface area contributed by atoms with Gasteiger partial charge < -0.3 is 26.4 Å². The van der Waals surface area contributed by atoms with Crippen molar-refractivity contribution in [1.29, 1.82) is 0 Å². The number of thioether (sulfide) groups is 1. The molecule has 0 saturated carbocycles. The van der Waals surface area contributed by atoms with E-state index in [1.165, 1.54) is 5.75 Å². The van der Waals surface area contributed by atoms with Crippen LogP contribution in [0.5, 0.6) is 0 Å². The first-order valence-corrected chi connectivity index (χ1v) is 17.3. The highest BCUT2D eigenvalue weighted by atomic mass is 32.2. The number of hydrogen-bond donors (Lipinski definition) is 8. The van der Waals surface area contributed by atoms with Gasteiger partial charge in [0.25, 0.3) is 5.91 Å². The third-order valence-electron chi connectivity index (χ3n) is 8.82. The van der Waals surface area contributed by atoms with E-state index in [1.807, 2.05) is 36.3 Å². The van der Waals surface area contributed by atoms with Gasteiger partial charge in [-0.1, -0.05) is 19.4 Å². The van der Waals surface area contributed by atoms with E-state index in [0.717, 1.165) is 25.9 Å². The topological polar surface area (TPSA) is 202 Å². The van der Waals surface area contributed by atoms with Crippen molar-refractivity contribution < 1.29 is 23.9 Å². The van der Waals surface area contributed by atoms with Gasteiger partial charge in [-0.2, -0.15) is 11.8 Å². The van der Waals surface area contributed by atoms with Gasteiger partial charge in [0.1, 0.15) is 6.10 Å². The summed E-state index contributed by atoms with van der Waals surface area (Å²) in [5.74, 6) is 5.89. The third-order valence-corrected chi connectivity index (χ3v) is 10.3. The van der Waals surface area contributed by atoms with Crippen molar-refractivity contribution in [1.82, 2.24) is 32.0 Å². The lowest BCUT2D eigenvalue weighted by Gasteiger charge is -2.31. The van der Waals surface area contributed by atoms with Crippen LogP contribution in [0.25, 0.3) is 0 Å². The van der Waals surface area contributed by atoms with E-state index in [-0.39, 0.29) is 11.8 Å². The van der Waals surface area contributed by atoms with E-state index in [1.54, 1.807) is 0 Å². The summed E-state index contributed by atoms with van der Waals surface area (Å²) >= 11 is 2.03. The van der Waals surface area contributed by atoms with Crippen molar-refractivity contribution in [2.45, 2.75) is 113 Å². The molecule has 1 aliphatic carbocycles. The number of nitrogens with one attached hydrogen (secondary N) is 6. The molecule has 2 aliphatic heterocycles. The quantitative estimate of drug-likeness (QED) is 0.0372. The molecule has 2 fully saturated rings. The summed E-state index contributed by atoms with van der Waals surface area (Å²) in [5, 5.41) is 16.4. The number of alkyl carbamates (subject to hydrolysis) is 1. The first-order chi connectivity index (χ1) is 21.2. The molecule has 4 amide bonds. The van der Waals surface area contributed by atoms with Crippen LogP contribution >= 0.6 is 11.8 Å². The molecule has 3 aliphatic rings. The lowest BCUT2D eigenvalue weighted by atomic mass is 9.78. The van der Waals surface area contributed by atoms with E-state index in [2.05, 4.69) is 26.6 Å². The molecule has 0 aromatic heterocycles. The number of hydrogen-bond acceptors (Lipinski definition) is 10. The van der Waals surface area contributed by atoms with E-state index in [0.29, 0.717) is 94.8 Å². The number of carbonyl (C=O) groups is 4. The Balaban J connectivity index is 1.23. The third kappa shape index (κ3) is 12.2. The molecule has 0 spiro atoms. The molecular formula is C30H54N8O5S. The molecule has 0 aromatic rings. The Labute approximate surface area is 265 Å². The predicted octanol–water partition coefficient (Wildman–Crippen LogP) is 0.891. The van der Waals surface area contributed by atoms with Gasteiger partial charge in [0, 0.05) is 61.2 Å². The first kappa shape index (κ1) is 36.1. The van der Waals surface area contributed by atoms with Gasteiger partial charge in [0.05, 0.1) is 6.04 Å². The van der Waals surface area contributed by atoms with Gasteiger partial charge in [0.2, 0.25) is 11.8 Å². The molecule has 2 heterocycles. The van der Waals surface area contributed by atoms with Crippen LogP contribution < -0.4 is 43.6 Å². The molecule has 0 radical (unpaired) electrons. The van der Waals surface area contributed by atoms with E-state index < -0.39 is 29.6 Å². The highest BCUT2D eigenvalue weighted by Crippen LogP contribution is 2.34. The standard InChI is InChI=1S/C30H54N8O5S/c1-30(14-6-4-9-21(13-15-30)43-29(42)35-16-7-5-10-22(31)27(40)38-32)28(41)34-18-8-17-33-25(39)12-3-2-11-24-26-23(19-44-24)36-20-37-26/h4,9,21-24,26,36-37H,2-3,5-8,10-20,31-32H2,1H3,(H,33,39)(H,34,41)(H,35,42)(H,38,40)/b9-4+. The Kier molecular flexibility index (Phi) is 15.7. The summed E-state index contributed by atoms with van der Waals surface area (Å²) in [7, 11) is 0. The zero-order chi connectivity index (χ0) is 31.8. The molecule has 14 heteroatoms. The van der Waals surface area contributed by atoms with Crippen molar-refractivity contribution in [2.24, 2.45) is 17.0 Å². The number of allylic oxidation sites excluding steroid dienone is 1. The second kappa shape index (κ2) is 19.2. The molecule has 0 aromatic carbocycles. The molecule has 2 saturated heterocycles. The Hall–Kier alpha value is -2.39. The zero-order valence-electron chi connectivity index (χ0n) is 26.2. The molecule has 0 bridgehead atoms. The van der Waals surface area contributed by atoms with E-state index >= 15 is 0 Å². The van der Waals surface area contributed by atoms with Crippen LogP contribution in [0.3, 0.4) is 0 Å². The molecule has 6 unspecified atom stereocenters. The summed E-state index contributed by atoms with van der Waals surface area (Å²) in [5.41, 5.74) is 7.16. The van der Waals surface area contributed by atoms with Gasteiger partial charge >= 0.3 is 6.09 Å². The number of nitrogens with two attached hydrogens (primary N) is 2. The van der Waals surface area contributed by atoms with Crippen LogP contribution in [-0.2, 0) is 19.1 Å². The maximum Gasteiger partial charge on any atom is 0.407 e. The van der Waals surface area contributed by atoms with Crippen LogP contribution in [0.1, 0.15) is 84.0 Å². The van der Waals surface area contributed by atoms with Crippen molar-refractivity contribution in [3.05, 3.63) is 12.2 Å². The Morgan fingerprint density at radius 2 is 1.82 bits per heavy atom. The smallest absolute Gasteiger partial charge is 0.407 e. The SMILES string of the molecule is CC1(C(=O)NCCCNC(=O)CCCCC2SCC3NCNC32)CC/C=C/C(OC(=O)NCCCCC(N)C(=O)NN)CC1. The average Bonchev–Trinajstić information content (AvgIpc) is 3.63. The molecule has 10 N–H and O–H groups in total. The monoisotopic (exact) mass is 638 g/mol. The number of unbranched alkanes of at least 4 members (excludes halogenated alkanes) is 2. The van der Waals surface area contributed by atoms with Crippen LogP contribution in [0.2, 0.25) is 0 Å². The molecule has 13 nitrogen and oxygen atoms in total. The fourth-order valence-corrected chi connectivity index (χ4v) is 7.54. The number of hydrazine groups is 1. The Morgan fingerprint density at radius 1 is 1.02 bits per heavy atom. The number of rotatable bonds is 17. The van der Waals surface area contributed by atoms with Gasteiger partial charge in [-0.25, -0.2) is 10.6 Å². The number of ether oxygens (including phenoxy) is 1. The normalized spacial score (nSPS) is 27.7. The van der Waals surface area contributed by atoms with Crippen molar-refractivity contribution in [3.63, 3.8) is 0 Å². The summed E-state index contributed by atoms with van der Waals surface area (Å²) in [6.45, 7) is 4.30. The summed E-state index contributed by atoms with van der Waals surface area (Å²) in [6, 6.07) is 0.498. The van der Waals surface area contributed by atoms with E-state index in [9.17, 15) is 19.2 Å². The second-order valence-corrected chi connectivity index (χ2v) is 13.6. The van der Waals surface area contributed by atoms with E-state index in [4.69, 9.17) is 16.3 Å². The molecule has 44 heavy (non-hydrogen) atoms. The average molecular weight is 639 g/mol. The number of fused-ring (bicyclic) bond motifs is 1. The summed E-state index contributed by atoms with van der Waals surface area (Å²) in [6.07, 6.45) is 11.6. The minimum Gasteiger partial charge on any atom is -0.442 e. The Bertz CT molecular complexity index is 972. The molecule has 6 atom stereocenters. The van der Waals surface area contributed by atoms with Crippen LogP contribution in [0, 0.1) is 5.41 Å². The minimum atomic E-state index is -0.666. The first-order valence-electron chi connectivity index (χ1n) is 16.2. The highest BCUT2D eigenvalue weighted by Gasteiger charge is 2.39. The fraction of sp³-hybridized carbons (Fsp3) is 0.800. The van der Waals surface area contributed by atoms with Gasteiger partial charge in [-0.15, -0.1) is 0 Å². The maximum atomic E-state index is 13.1. The summed E-state index contributed by atoms with van der Waals surface area (Å²) < 4.78 is 5.58. The van der Waals surface area contributed by atoms with Crippen molar-refractivity contribution in [3.8, 4) is 0 Å². The number of carbonyl (C=O) groups excluding carboxylic acids is 4. The van der Waals surface area contributed by atoms with Gasteiger partial charge in [-0.3, -0.25) is 30.4 Å². The van der Waals surface area contributed by atoms with Crippen LogP contribution in [0.4, 0.5) is 4.79 Å². The van der Waals surface area contributed by atoms with Crippen molar-refractivity contribution >= 4 is 35.6 Å². The summed E-state index contributed by atoms with van der Waals surface area (Å²) in [4.78, 5) is 48.9. The lowest BCUT2D eigenvalue weighted by Crippen LogP contribution is -2.43. The second-order valence-electron chi connectivity index (χ2n) is 12.3. The molecule has 3 rings (SSSR count). The predicted molar refractivity (Wildman–Crippen MR) is 172 cm³/mol. The highest BCUT2D eigenvalue weighted by molar-refractivity contribution is 8.00. The van der Waals surface area contributed by atoms with Gasteiger partial charge in [-0.05, 0) is 70.3 Å². The van der Waals surface area contributed by atoms with Gasteiger partial charge in [0.15, 0.2) is 0 Å². The fourth-order valence-electron chi connectivity index (χ4n) is 5.93. The largest absolute Gasteiger partial charge is 0.442 e. The Morgan fingerprint density at radius 3 is 2.64 bits per heavy atom. The van der Waals surface area contributed by atoms with Crippen LogP contribution in [0.15, 0.2) is 12.2 Å². The molecular weight excluding hydrogens is 584 g/mol. The molecule has 250 valence electrons. The maximum absolute atomic E-state index is 13.1. The number of amides is 4. The van der Waals surface area contributed by atoms with Crippen molar-refractivity contribution in [2.75, 3.05) is 32.1 Å².